The third kappa shape index (κ3) is 3.98. The van der Waals surface area contributed by atoms with Crippen LogP contribution in [0.4, 0.5) is 0 Å². The van der Waals surface area contributed by atoms with Crippen molar-refractivity contribution in [1.29, 1.82) is 0 Å². The monoisotopic (exact) mass is 271 g/mol. The molecule has 5 heteroatoms. The van der Waals surface area contributed by atoms with Crippen molar-refractivity contribution >= 4 is 12.1 Å². The summed E-state index contributed by atoms with van der Waals surface area (Å²) in [5.41, 5.74) is 5.32. The van der Waals surface area contributed by atoms with E-state index in [4.69, 9.17) is 4.74 Å². The van der Waals surface area contributed by atoms with E-state index in [-0.39, 0.29) is 12.5 Å². The number of ether oxygens (including phenoxy) is 1. The number of carbonyl (C=O) groups excluding carboxylic acids is 1. The summed E-state index contributed by atoms with van der Waals surface area (Å²) in [6.07, 6.45) is 3.32. The standard InChI is InChI=1S/C15H17N3O2/c1-11-5-6-12(2)14(8-11)20-10-15(19)18-17-9-13-4-3-7-16-13/h3-9,16H,10H2,1-2H3,(H,18,19). The van der Waals surface area contributed by atoms with Gasteiger partial charge in [-0.15, -0.1) is 0 Å². The number of carbonyl (C=O) groups is 1. The first-order chi connectivity index (χ1) is 9.65. The second-order valence-electron chi connectivity index (χ2n) is 4.48. The molecule has 0 saturated heterocycles. The zero-order valence-electron chi connectivity index (χ0n) is 11.5. The van der Waals surface area contributed by atoms with Gasteiger partial charge in [0.25, 0.3) is 5.91 Å². The molecule has 0 aliphatic heterocycles. The van der Waals surface area contributed by atoms with Gasteiger partial charge in [0.2, 0.25) is 0 Å². The van der Waals surface area contributed by atoms with Crippen molar-refractivity contribution in [2.24, 2.45) is 5.10 Å². The van der Waals surface area contributed by atoms with Crippen molar-refractivity contribution in [3.8, 4) is 5.75 Å². The lowest BCUT2D eigenvalue weighted by Crippen LogP contribution is -2.24. The molecule has 1 aromatic carbocycles. The van der Waals surface area contributed by atoms with Gasteiger partial charge in [-0.25, -0.2) is 5.43 Å². The fourth-order valence-electron chi connectivity index (χ4n) is 1.64. The number of nitrogens with one attached hydrogen (secondary N) is 2. The van der Waals surface area contributed by atoms with E-state index in [9.17, 15) is 4.79 Å². The van der Waals surface area contributed by atoms with E-state index in [1.54, 1.807) is 6.20 Å². The van der Waals surface area contributed by atoms with Gasteiger partial charge in [-0.05, 0) is 43.2 Å². The maximum absolute atomic E-state index is 11.6. The van der Waals surface area contributed by atoms with E-state index in [1.807, 2.05) is 44.2 Å². The van der Waals surface area contributed by atoms with Crippen LogP contribution in [0, 0.1) is 13.8 Å². The smallest absolute Gasteiger partial charge is 0.277 e. The van der Waals surface area contributed by atoms with E-state index in [0.29, 0.717) is 5.75 Å². The zero-order valence-corrected chi connectivity index (χ0v) is 11.5. The lowest BCUT2D eigenvalue weighted by Gasteiger charge is -2.08. The van der Waals surface area contributed by atoms with Gasteiger partial charge in [-0.3, -0.25) is 4.79 Å². The van der Waals surface area contributed by atoms with Gasteiger partial charge in [0, 0.05) is 6.20 Å². The van der Waals surface area contributed by atoms with E-state index in [2.05, 4.69) is 15.5 Å². The number of nitrogens with zero attached hydrogens (tertiary/aromatic N) is 1. The van der Waals surface area contributed by atoms with Crippen LogP contribution in [-0.4, -0.2) is 23.7 Å². The highest BCUT2D eigenvalue weighted by molar-refractivity contribution is 5.81. The molecule has 2 N–H and O–H groups in total. The average Bonchev–Trinajstić information content (AvgIpc) is 2.93. The third-order valence-corrected chi connectivity index (χ3v) is 2.72. The Morgan fingerprint density at radius 2 is 2.25 bits per heavy atom. The Kier molecular flexibility index (Phi) is 4.55. The van der Waals surface area contributed by atoms with Gasteiger partial charge in [-0.1, -0.05) is 12.1 Å². The molecule has 0 spiro atoms. The van der Waals surface area contributed by atoms with Gasteiger partial charge in [0.05, 0.1) is 11.9 Å². The molecule has 1 amide bonds. The second-order valence-corrected chi connectivity index (χ2v) is 4.48. The number of H-pyrrole nitrogens is 1. The molecule has 104 valence electrons. The third-order valence-electron chi connectivity index (χ3n) is 2.72. The molecule has 1 aromatic heterocycles. The Hall–Kier alpha value is -2.56. The van der Waals surface area contributed by atoms with Crippen LogP contribution in [0.15, 0.2) is 41.6 Å². The van der Waals surface area contributed by atoms with Crippen LogP contribution in [0.25, 0.3) is 0 Å². The van der Waals surface area contributed by atoms with E-state index in [1.165, 1.54) is 6.21 Å². The summed E-state index contributed by atoms with van der Waals surface area (Å²) in [7, 11) is 0. The number of amides is 1. The number of rotatable bonds is 5. The molecule has 0 saturated carbocycles. The predicted octanol–water partition coefficient (Wildman–Crippen LogP) is 2.16. The highest BCUT2D eigenvalue weighted by Crippen LogP contribution is 2.18. The summed E-state index contributed by atoms with van der Waals surface area (Å²) in [6.45, 7) is 3.86. The van der Waals surface area contributed by atoms with Crippen LogP contribution in [0.2, 0.25) is 0 Å². The maximum Gasteiger partial charge on any atom is 0.277 e. The molecule has 0 aliphatic rings. The molecule has 20 heavy (non-hydrogen) atoms. The number of benzene rings is 1. The molecule has 0 bridgehead atoms. The number of hydrogen-bond donors (Lipinski definition) is 2. The highest BCUT2D eigenvalue weighted by Gasteiger charge is 2.04. The number of hydrogen-bond acceptors (Lipinski definition) is 3. The Balaban J connectivity index is 1.82. The molecule has 1 heterocycles. The minimum Gasteiger partial charge on any atom is -0.483 e. The molecule has 0 aliphatic carbocycles. The zero-order chi connectivity index (χ0) is 14.4. The first-order valence-electron chi connectivity index (χ1n) is 6.30. The Morgan fingerprint density at radius 3 is 3.00 bits per heavy atom. The van der Waals surface area contributed by atoms with Crippen LogP contribution in [0.3, 0.4) is 0 Å². The van der Waals surface area contributed by atoms with Crippen molar-refractivity contribution in [3.63, 3.8) is 0 Å². The molecule has 0 fully saturated rings. The topological polar surface area (TPSA) is 66.5 Å². The molecule has 0 atom stereocenters. The molecule has 5 nitrogen and oxygen atoms in total. The first kappa shape index (κ1) is 13.9. The maximum atomic E-state index is 11.6. The summed E-state index contributed by atoms with van der Waals surface area (Å²) >= 11 is 0. The van der Waals surface area contributed by atoms with Crippen LogP contribution < -0.4 is 10.2 Å². The van der Waals surface area contributed by atoms with Crippen molar-refractivity contribution < 1.29 is 9.53 Å². The lowest BCUT2D eigenvalue weighted by atomic mass is 10.1. The van der Waals surface area contributed by atoms with Gasteiger partial charge in [-0.2, -0.15) is 5.10 Å². The Morgan fingerprint density at radius 1 is 1.40 bits per heavy atom. The highest BCUT2D eigenvalue weighted by atomic mass is 16.5. The van der Waals surface area contributed by atoms with E-state index < -0.39 is 0 Å². The Labute approximate surface area is 117 Å². The first-order valence-corrected chi connectivity index (χ1v) is 6.30. The number of aromatic nitrogens is 1. The normalized spacial score (nSPS) is 10.7. The van der Waals surface area contributed by atoms with Crippen LogP contribution in [-0.2, 0) is 4.79 Å². The average molecular weight is 271 g/mol. The van der Waals surface area contributed by atoms with Crippen LogP contribution >= 0.6 is 0 Å². The summed E-state index contributed by atoms with van der Waals surface area (Å²) in [6, 6.07) is 9.58. The Bertz CT molecular complexity index is 604. The van der Waals surface area contributed by atoms with Crippen molar-refractivity contribution in [2.45, 2.75) is 13.8 Å². The van der Waals surface area contributed by atoms with Crippen molar-refractivity contribution in [3.05, 3.63) is 53.3 Å². The molecular formula is C15H17N3O2. The summed E-state index contributed by atoms with van der Waals surface area (Å²) in [5.74, 6) is 0.419. The van der Waals surface area contributed by atoms with E-state index in [0.717, 1.165) is 16.8 Å². The van der Waals surface area contributed by atoms with Crippen molar-refractivity contribution in [1.82, 2.24) is 10.4 Å². The largest absolute Gasteiger partial charge is 0.483 e. The van der Waals surface area contributed by atoms with Gasteiger partial charge >= 0.3 is 0 Å². The van der Waals surface area contributed by atoms with Crippen LogP contribution in [0.5, 0.6) is 5.75 Å². The van der Waals surface area contributed by atoms with Gasteiger partial charge in [0.15, 0.2) is 6.61 Å². The molecule has 2 rings (SSSR count). The quantitative estimate of drug-likeness (QED) is 0.646. The summed E-state index contributed by atoms with van der Waals surface area (Å²) in [5, 5.41) is 3.83. The number of aryl methyl sites for hydroxylation is 2. The van der Waals surface area contributed by atoms with Crippen molar-refractivity contribution in [2.75, 3.05) is 6.61 Å². The fraction of sp³-hybridized carbons (Fsp3) is 0.200. The van der Waals surface area contributed by atoms with Gasteiger partial charge in [0.1, 0.15) is 5.75 Å². The molecular weight excluding hydrogens is 254 g/mol. The lowest BCUT2D eigenvalue weighted by molar-refractivity contribution is -0.123. The van der Waals surface area contributed by atoms with E-state index >= 15 is 0 Å². The van der Waals surface area contributed by atoms with Crippen LogP contribution in [0.1, 0.15) is 16.8 Å². The van der Waals surface area contributed by atoms with Gasteiger partial charge < -0.3 is 9.72 Å². The predicted molar refractivity (Wildman–Crippen MR) is 77.9 cm³/mol. The minimum atomic E-state index is -0.297. The molecule has 0 radical (unpaired) electrons. The second kappa shape index (κ2) is 6.56. The number of aromatic amines is 1. The SMILES string of the molecule is Cc1ccc(C)c(OCC(=O)NN=Cc2ccc[nH]2)c1. The fourth-order valence-corrected chi connectivity index (χ4v) is 1.64. The summed E-state index contributed by atoms with van der Waals surface area (Å²) in [4.78, 5) is 14.5. The molecule has 2 aromatic rings. The minimum absolute atomic E-state index is 0.0631. The molecule has 0 unspecified atom stereocenters. The summed E-state index contributed by atoms with van der Waals surface area (Å²) < 4.78 is 5.47. The number of hydrazone groups is 1.